The topological polar surface area (TPSA) is 29.3 Å². The van der Waals surface area contributed by atoms with E-state index < -0.39 is 0 Å². The second kappa shape index (κ2) is 6.10. The molecule has 19 heavy (non-hydrogen) atoms. The predicted molar refractivity (Wildman–Crippen MR) is 87.2 cm³/mol. The molecule has 1 aliphatic rings. The number of nitrogens with two attached hydrogens (primary N) is 1. The fourth-order valence-electron chi connectivity index (χ4n) is 2.96. The van der Waals surface area contributed by atoms with Crippen molar-refractivity contribution in [1.82, 2.24) is 0 Å². The molecular weight excluding hydrogens is 276 g/mol. The number of benzene rings is 1. The summed E-state index contributed by atoms with van der Waals surface area (Å²) in [6.45, 7) is 2.33. The van der Waals surface area contributed by atoms with Gasteiger partial charge in [-0.1, -0.05) is 43.6 Å². The van der Waals surface area contributed by atoms with Gasteiger partial charge in [-0.2, -0.15) is 0 Å². The standard InChI is InChI=1S/C15H21ClN2S/c1-10-4-3-5-12(8-10)18(2)14-9-11(16)6-7-13(14)15(17)19/h6-7,9-10,12H,3-5,8H2,1-2H3,(H2,17,19). The van der Waals surface area contributed by atoms with E-state index in [4.69, 9.17) is 29.6 Å². The van der Waals surface area contributed by atoms with Gasteiger partial charge in [-0.05, 0) is 37.0 Å². The summed E-state index contributed by atoms with van der Waals surface area (Å²) in [5.41, 5.74) is 7.79. The van der Waals surface area contributed by atoms with Crippen LogP contribution in [0, 0.1) is 5.92 Å². The Bertz CT molecular complexity index is 475. The van der Waals surface area contributed by atoms with Crippen LogP contribution in [-0.2, 0) is 0 Å². The molecule has 2 N–H and O–H groups in total. The molecule has 0 saturated heterocycles. The number of thiocarbonyl (C=S) groups is 1. The van der Waals surface area contributed by atoms with Crippen LogP contribution < -0.4 is 10.6 Å². The Labute approximate surface area is 125 Å². The number of nitrogens with zero attached hydrogens (tertiary/aromatic N) is 1. The normalized spacial score (nSPS) is 23.1. The van der Waals surface area contributed by atoms with Crippen molar-refractivity contribution in [3.8, 4) is 0 Å². The zero-order chi connectivity index (χ0) is 14.0. The molecule has 2 atom stereocenters. The molecule has 0 spiro atoms. The van der Waals surface area contributed by atoms with E-state index in [1.165, 1.54) is 25.7 Å². The van der Waals surface area contributed by atoms with Gasteiger partial charge in [0.15, 0.2) is 0 Å². The highest BCUT2D eigenvalue weighted by atomic mass is 35.5. The minimum atomic E-state index is 0.433. The number of hydrogen-bond acceptors (Lipinski definition) is 2. The fourth-order valence-corrected chi connectivity index (χ4v) is 3.29. The summed E-state index contributed by atoms with van der Waals surface area (Å²) in [6, 6.07) is 6.28. The first-order valence-corrected chi connectivity index (χ1v) is 7.60. The smallest absolute Gasteiger partial charge is 0.106 e. The van der Waals surface area contributed by atoms with Gasteiger partial charge in [-0.15, -0.1) is 0 Å². The summed E-state index contributed by atoms with van der Waals surface area (Å²) in [4.78, 5) is 2.73. The molecule has 0 heterocycles. The zero-order valence-electron chi connectivity index (χ0n) is 11.5. The van der Waals surface area contributed by atoms with Gasteiger partial charge in [0.2, 0.25) is 0 Å². The van der Waals surface area contributed by atoms with E-state index in [-0.39, 0.29) is 0 Å². The Balaban J connectivity index is 2.29. The second-order valence-electron chi connectivity index (χ2n) is 5.56. The van der Waals surface area contributed by atoms with Gasteiger partial charge in [0.25, 0.3) is 0 Å². The van der Waals surface area contributed by atoms with E-state index in [0.29, 0.717) is 11.0 Å². The van der Waals surface area contributed by atoms with Crippen LogP contribution in [0.3, 0.4) is 0 Å². The van der Waals surface area contributed by atoms with Crippen LogP contribution in [0.15, 0.2) is 18.2 Å². The van der Waals surface area contributed by atoms with Gasteiger partial charge < -0.3 is 10.6 Å². The van der Waals surface area contributed by atoms with Gasteiger partial charge in [0.1, 0.15) is 4.99 Å². The number of anilines is 1. The van der Waals surface area contributed by atoms with Crippen molar-refractivity contribution in [1.29, 1.82) is 0 Å². The molecule has 4 heteroatoms. The molecule has 1 saturated carbocycles. The first-order valence-electron chi connectivity index (χ1n) is 6.81. The number of hydrogen-bond donors (Lipinski definition) is 1. The number of rotatable bonds is 3. The van der Waals surface area contributed by atoms with Gasteiger partial charge in [-0.25, -0.2) is 0 Å². The lowest BCUT2D eigenvalue weighted by Crippen LogP contribution is -2.36. The van der Waals surface area contributed by atoms with Crippen molar-refractivity contribution in [2.45, 2.75) is 38.6 Å². The van der Waals surface area contributed by atoms with Crippen molar-refractivity contribution in [2.75, 3.05) is 11.9 Å². The second-order valence-corrected chi connectivity index (χ2v) is 6.44. The molecule has 0 aliphatic heterocycles. The molecule has 1 aliphatic carbocycles. The monoisotopic (exact) mass is 296 g/mol. The summed E-state index contributed by atoms with van der Waals surface area (Å²) < 4.78 is 0. The Morgan fingerprint density at radius 2 is 2.16 bits per heavy atom. The zero-order valence-corrected chi connectivity index (χ0v) is 13.1. The van der Waals surface area contributed by atoms with Gasteiger partial charge >= 0.3 is 0 Å². The highest BCUT2D eigenvalue weighted by Gasteiger charge is 2.24. The molecule has 1 aromatic carbocycles. The maximum Gasteiger partial charge on any atom is 0.106 e. The molecule has 2 unspecified atom stereocenters. The minimum absolute atomic E-state index is 0.433. The Kier molecular flexibility index (Phi) is 4.69. The third-order valence-corrected chi connectivity index (χ3v) is 4.52. The molecule has 0 radical (unpaired) electrons. The van der Waals surface area contributed by atoms with E-state index in [0.717, 1.165) is 22.2 Å². The van der Waals surface area contributed by atoms with Crippen LogP contribution in [0.5, 0.6) is 0 Å². The first-order chi connectivity index (χ1) is 8.99. The van der Waals surface area contributed by atoms with E-state index in [1.54, 1.807) is 0 Å². The SMILES string of the molecule is CC1CCCC(N(C)c2cc(Cl)ccc2C(N)=S)C1. The summed E-state index contributed by atoms with van der Waals surface area (Å²) in [6.07, 6.45) is 5.07. The average molecular weight is 297 g/mol. The van der Waals surface area contributed by atoms with E-state index >= 15 is 0 Å². The summed E-state index contributed by atoms with van der Waals surface area (Å²) in [7, 11) is 2.12. The third-order valence-electron chi connectivity index (χ3n) is 4.06. The molecule has 0 bridgehead atoms. The van der Waals surface area contributed by atoms with Crippen molar-refractivity contribution in [3.63, 3.8) is 0 Å². The summed E-state index contributed by atoms with van der Waals surface area (Å²) in [5.74, 6) is 0.786. The lowest BCUT2D eigenvalue weighted by atomic mass is 9.86. The molecule has 2 rings (SSSR count). The largest absolute Gasteiger partial charge is 0.389 e. The van der Waals surface area contributed by atoms with E-state index in [2.05, 4.69) is 18.9 Å². The van der Waals surface area contributed by atoms with Crippen LogP contribution in [0.2, 0.25) is 5.02 Å². The van der Waals surface area contributed by atoms with Crippen LogP contribution in [0.25, 0.3) is 0 Å². The molecule has 104 valence electrons. The van der Waals surface area contributed by atoms with E-state index in [9.17, 15) is 0 Å². The molecule has 0 amide bonds. The van der Waals surface area contributed by atoms with E-state index in [1.807, 2.05) is 18.2 Å². The van der Waals surface area contributed by atoms with Crippen LogP contribution in [0.1, 0.15) is 38.2 Å². The lowest BCUT2D eigenvalue weighted by Gasteiger charge is -2.36. The quantitative estimate of drug-likeness (QED) is 0.855. The average Bonchev–Trinajstić information content (AvgIpc) is 2.37. The number of halogens is 1. The lowest BCUT2D eigenvalue weighted by molar-refractivity contribution is 0.336. The molecular formula is C15H21ClN2S. The summed E-state index contributed by atoms with van der Waals surface area (Å²) >= 11 is 11.3. The van der Waals surface area contributed by atoms with Crippen molar-refractivity contribution in [2.24, 2.45) is 11.7 Å². The fraction of sp³-hybridized carbons (Fsp3) is 0.533. The highest BCUT2D eigenvalue weighted by Crippen LogP contribution is 2.32. The van der Waals surface area contributed by atoms with Crippen LogP contribution in [-0.4, -0.2) is 18.1 Å². The molecule has 1 aromatic rings. The van der Waals surface area contributed by atoms with Crippen LogP contribution >= 0.6 is 23.8 Å². The van der Waals surface area contributed by atoms with Gasteiger partial charge in [-0.3, -0.25) is 0 Å². The maximum atomic E-state index is 6.12. The Hall–Kier alpha value is -0.800. The highest BCUT2D eigenvalue weighted by molar-refractivity contribution is 7.80. The molecule has 0 aromatic heterocycles. The van der Waals surface area contributed by atoms with Crippen molar-refractivity contribution >= 4 is 34.5 Å². The maximum absolute atomic E-state index is 6.12. The van der Waals surface area contributed by atoms with Gasteiger partial charge in [0.05, 0.1) is 0 Å². The predicted octanol–water partition coefficient (Wildman–Crippen LogP) is 3.99. The van der Waals surface area contributed by atoms with Crippen LogP contribution in [0.4, 0.5) is 5.69 Å². The van der Waals surface area contributed by atoms with Gasteiger partial charge in [0, 0.05) is 29.4 Å². The van der Waals surface area contributed by atoms with Crippen molar-refractivity contribution < 1.29 is 0 Å². The van der Waals surface area contributed by atoms with Crippen molar-refractivity contribution in [3.05, 3.63) is 28.8 Å². The minimum Gasteiger partial charge on any atom is -0.389 e. The Morgan fingerprint density at radius 3 is 2.79 bits per heavy atom. The summed E-state index contributed by atoms with van der Waals surface area (Å²) in [5, 5.41) is 0.728. The molecule has 1 fully saturated rings. The first kappa shape index (κ1) is 14.6. The molecule has 2 nitrogen and oxygen atoms in total. The third kappa shape index (κ3) is 3.40. The Morgan fingerprint density at radius 1 is 1.42 bits per heavy atom.